The van der Waals surface area contributed by atoms with Crippen LogP contribution in [0, 0.1) is 0 Å². The lowest BCUT2D eigenvalue weighted by Crippen LogP contribution is -2.12. The first-order chi connectivity index (χ1) is 11.3. The van der Waals surface area contributed by atoms with Crippen LogP contribution in [-0.2, 0) is 0 Å². The number of hydrogen-bond acceptors (Lipinski definition) is 4. The Labute approximate surface area is 136 Å². The van der Waals surface area contributed by atoms with E-state index in [9.17, 15) is 4.79 Å². The fourth-order valence-corrected chi connectivity index (χ4v) is 3.35. The first-order valence-electron chi connectivity index (χ1n) is 7.05. The number of nitrogens with one attached hydrogen (secondary N) is 1. The number of carbonyl (C=O) groups is 1. The minimum absolute atomic E-state index is 0.126. The fraction of sp³-hybridized carbons (Fsp3) is 0. The Kier molecular flexibility index (Phi) is 3.36. The van der Waals surface area contributed by atoms with E-state index in [1.54, 1.807) is 11.0 Å². The molecule has 0 aliphatic rings. The molecule has 2 aromatic heterocycles. The molecule has 0 aliphatic heterocycles. The number of amides is 1. The predicted octanol–water partition coefficient (Wildman–Crippen LogP) is 3.73. The van der Waals surface area contributed by atoms with Gasteiger partial charge in [-0.15, -0.1) is 11.3 Å². The van der Waals surface area contributed by atoms with Crippen LogP contribution in [0.15, 0.2) is 67.3 Å². The molecule has 6 heteroatoms. The van der Waals surface area contributed by atoms with Gasteiger partial charge in [0.1, 0.15) is 12.7 Å². The van der Waals surface area contributed by atoms with Gasteiger partial charge < -0.3 is 5.32 Å². The van der Waals surface area contributed by atoms with E-state index in [0.717, 1.165) is 15.8 Å². The highest BCUT2D eigenvalue weighted by Gasteiger charge is 2.13. The lowest BCUT2D eigenvalue weighted by atomic mass is 10.2. The summed E-state index contributed by atoms with van der Waals surface area (Å²) in [5, 5.41) is 8.15. The summed E-state index contributed by atoms with van der Waals surface area (Å²) >= 11 is 1.48. The summed E-state index contributed by atoms with van der Waals surface area (Å²) in [7, 11) is 0. The molecule has 0 aliphatic carbocycles. The zero-order valence-electron chi connectivity index (χ0n) is 12.0. The molecule has 0 unspecified atom stereocenters. The van der Waals surface area contributed by atoms with Crippen LogP contribution in [0.5, 0.6) is 0 Å². The van der Waals surface area contributed by atoms with Gasteiger partial charge in [0.05, 0.1) is 16.3 Å². The van der Waals surface area contributed by atoms with E-state index in [4.69, 9.17) is 0 Å². The number of carbonyl (C=O) groups excluding carboxylic acids is 1. The normalized spacial score (nSPS) is 10.8. The third-order valence-electron chi connectivity index (χ3n) is 3.47. The van der Waals surface area contributed by atoms with Gasteiger partial charge in [-0.25, -0.2) is 9.67 Å². The molecule has 0 saturated heterocycles. The molecule has 23 heavy (non-hydrogen) atoms. The number of nitrogens with zero attached hydrogens (tertiary/aromatic N) is 3. The Balaban J connectivity index is 1.67. The summed E-state index contributed by atoms with van der Waals surface area (Å²) in [4.78, 5) is 17.2. The maximum absolute atomic E-state index is 12.6. The Morgan fingerprint density at radius 2 is 1.91 bits per heavy atom. The third-order valence-corrected chi connectivity index (χ3v) is 4.58. The highest BCUT2D eigenvalue weighted by molar-refractivity contribution is 7.20. The first-order valence-corrected chi connectivity index (χ1v) is 7.87. The zero-order chi connectivity index (χ0) is 15.6. The average molecular weight is 320 g/mol. The van der Waals surface area contributed by atoms with Gasteiger partial charge in [0, 0.05) is 4.70 Å². The third kappa shape index (κ3) is 2.60. The van der Waals surface area contributed by atoms with Gasteiger partial charge in [0.25, 0.3) is 5.91 Å². The number of para-hydroxylation sites is 2. The van der Waals surface area contributed by atoms with Crippen LogP contribution in [-0.4, -0.2) is 20.7 Å². The summed E-state index contributed by atoms with van der Waals surface area (Å²) in [5.41, 5.74) is 1.47. The van der Waals surface area contributed by atoms with E-state index in [-0.39, 0.29) is 5.91 Å². The SMILES string of the molecule is O=C(Nc1ccccc1-n1cncn1)c1cc2ccccc2s1. The van der Waals surface area contributed by atoms with Crippen molar-refractivity contribution in [1.82, 2.24) is 14.8 Å². The molecular formula is C17H12N4OS. The van der Waals surface area contributed by atoms with Crippen LogP contribution in [0.25, 0.3) is 15.8 Å². The van der Waals surface area contributed by atoms with E-state index >= 15 is 0 Å². The number of hydrogen-bond donors (Lipinski definition) is 1. The van der Waals surface area contributed by atoms with Crippen molar-refractivity contribution >= 4 is 33.0 Å². The maximum Gasteiger partial charge on any atom is 0.265 e. The van der Waals surface area contributed by atoms with Crippen molar-refractivity contribution in [2.75, 3.05) is 5.32 Å². The van der Waals surface area contributed by atoms with E-state index < -0.39 is 0 Å². The molecule has 112 valence electrons. The summed E-state index contributed by atoms with van der Waals surface area (Å²) in [6.07, 6.45) is 3.06. The van der Waals surface area contributed by atoms with Crippen LogP contribution >= 0.6 is 11.3 Å². The molecule has 2 heterocycles. The van der Waals surface area contributed by atoms with Crippen molar-refractivity contribution in [3.05, 3.63) is 72.1 Å². The molecule has 0 fully saturated rings. The van der Waals surface area contributed by atoms with Crippen molar-refractivity contribution in [3.8, 4) is 5.69 Å². The molecule has 0 spiro atoms. The zero-order valence-corrected chi connectivity index (χ0v) is 12.8. The summed E-state index contributed by atoms with van der Waals surface area (Å²) in [5.74, 6) is -0.126. The minimum atomic E-state index is -0.126. The molecule has 5 nitrogen and oxygen atoms in total. The molecular weight excluding hydrogens is 308 g/mol. The van der Waals surface area contributed by atoms with E-state index in [1.165, 1.54) is 17.7 Å². The highest BCUT2D eigenvalue weighted by atomic mass is 32.1. The number of anilines is 1. The second-order valence-corrected chi connectivity index (χ2v) is 6.04. The van der Waals surface area contributed by atoms with Crippen LogP contribution in [0.2, 0.25) is 0 Å². The quantitative estimate of drug-likeness (QED) is 0.625. The first kappa shape index (κ1) is 13.7. The van der Waals surface area contributed by atoms with Crippen LogP contribution in [0.3, 0.4) is 0 Å². The number of fused-ring (bicyclic) bond motifs is 1. The Morgan fingerprint density at radius 1 is 1.09 bits per heavy atom. The van der Waals surface area contributed by atoms with Gasteiger partial charge in [-0.1, -0.05) is 30.3 Å². The molecule has 0 atom stereocenters. The van der Waals surface area contributed by atoms with Crippen molar-refractivity contribution in [2.24, 2.45) is 0 Å². The topological polar surface area (TPSA) is 59.8 Å². The molecule has 1 N–H and O–H groups in total. The number of rotatable bonds is 3. The molecule has 0 saturated carbocycles. The van der Waals surface area contributed by atoms with E-state index in [1.807, 2.05) is 54.6 Å². The van der Waals surface area contributed by atoms with Gasteiger partial charge in [0.15, 0.2) is 0 Å². The lowest BCUT2D eigenvalue weighted by Gasteiger charge is -2.09. The molecule has 4 rings (SSSR count). The van der Waals surface area contributed by atoms with Crippen LogP contribution in [0.1, 0.15) is 9.67 Å². The van der Waals surface area contributed by atoms with Crippen molar-refractivity contribution in [3.63, 3.8) is 0 Å². The van der Waals surface area contributed by atoms with E-state index in [2.05, 4.69) is 15.4 Å². The minimum Gasteiger partial charge on any atom is -0.319 e. The van der Waals surface area contributed by atoms with Crippen molar-refractivity contribution < 1.29 is 4.79 Å². The second-order valence-electron chi connectivity index (χ2n) is 4.96. The maximum atomic E-state index is 12.6. The van der Waals surface area contributed by atoms with Gasteiger partial charge in [-0.2, -0.15) is 5.10 Å². The predicted molar refractivity (Wildman–Crippen MR) is 91.1 cm³/mol. The molecule has 2 aromatic carbocycles. The monoisotopic (exact) mass is 320 g/mol. The molecule has 0 bridgehead atoms. The van der Waals surface area contributed by atoms with Crippen LogP contribution in [0.4, 0.5) is 5.69 Å². The smallest absolute Gasteiger partial charge is 0.265 e. The molecule has 4 aromatic rings. The van der Waals surface area contributed by atoms with Crippen molar-refractivity contribution in [1.29, 1.82) is 0 Å². The average Bonchev–Trinajstić information content (AvgIpc) is 3.25. The summed E-state index contributed by atoms with van der Waals surface area (Å²) in [6, 6.07) is 17.4. The Bertz CT molecular complexity index is 942. The van der Waals surface area contributed by atoms with Gasteiger partial charge in [-0.05, 0) is 29.7 Å². The molecule has 0 radical (unpaired) electrons. The standard InChI is InChI=1S/C17H12N4OS/c22-17(16-9-12-5-1-4-8-15(12)23-16)20-13-6-2-3-7-14(13)21-11-18-10-19-21/h1-11H,(H,20,22). The molecule has 1 amide bonds. The van der Waals surface area contributed by atoms with Gasteiger partial charge >= 0.3 is 0 Å². The lowest BCUT2D eigenvalue weighted by molar-refractivity contribution is 0.103. The number of thiophene rings is 1. The van der Waals surface area contributed by atoms with Gasteiger partial charge in [0.2, 0.25) is 0 Å². The van der Waals surface area contributed by atoms with Crippen LogP contribution < -0.4 is 5.32 Å². The number of aromatic nitrogens is 3. The van der Waals surface area contributed by atoms with Gasteiger partial charge in [-0.3, -0.25) is 4.79 Å². The fourth-order valence-electron chi connectivity index (χ4n) is 2.39. The van der Waals surface area contributed by atoms with Crippen molar-refractivity contribution in [2.45, 2.75) is 0 Å². The highest BCUT2D eigenvalue weighted by Crippen LogP contribution is 2.27. The number of benzene rings is 2. The largest absolute Gasteiger partial charge is 0.319 e. The second kappa shape index (κ2) is 5.66. The Hall–Kier alpha value is -2.99. The van der Waals surface area contributed by atoms with E-state index in [0.29, 0.717) is 10.6 Å². The summed E-state index contributed by atoms with van der Waals surface area (Å²) in [6.45, 7) is 0. The summed E-state index contributed by atoms with van der Waals surface area (Å²) < 4.78 is 2.72. The Morgan fingerprint density at radius 3 is 2.74 bits per heavy atom.